The molecule has 0 radical (unpaired) electrons. The Morgan fingerprint density at radius 1 is 1.35 bits per heavy atom. The molecule has 106 valence electrons. The molecule has 2 heterocycles. The predicted octanol–water partition coefficient (Wildman–Crippen LogP) is 3.42. The first-order chi connectivity index (χ1) is 9.65. The van der Waals surface area contributed by atoms with E-state index in [1.54, 1.807) is 11.3 Å². The van der Waals surface area contributed by atoms with E-state index >= 15 is 0 Å². The molecule has 0 aliphatic carbocycles. The Kier molecular flexibility index (Phi) is 3.96. The highest BCUT2D eigenvalue weighted by Gasteiger charge is 2.20. The van der Waals surface area contributed by atoms with Gasteiger partial charge >= 0.3 is 0 Å². The maximum atomic E-state index is 6.30. The SMILES string of the molecule is Cc1csc(C(N)c2cc(Br)c3c(c2)OCCCO3)n1. The maximum absolute atomic E-state index is 6.30. The number of aromatic nitrogens is 1. The average molecular weight is 355 g/mol. The molecule has 1 aliphatic heterocycles. The van der Waals surface area contributed by atoms with E-state index in [-0.39, 0.29) is 6.04 Å². The van der Waals surface area contributed by atoms with Crippen molar-refractivity contribution in [3.8, 4) is 11.5 Å². The lowest BCUT2D eigenvalue weighted by atomic mass is 10.1. The van der Waals surface area contributed by atoms with Gasteiger partial charge in [-0.2, -0.15) is 0 Å². The van der Waals surface area contributed by atoms with E-state index in [2.05, 4.69) is 20.9 Å². The Labute approximate surface area is 130 Å². The smallest absolute Gasteiger partial charge is 0.175 e. The summed E-state index contributed by atoms with van der Waals surface area (Å²) < 4.78 is 12.3. The molecule has 1 atom stereocenters. The quantitative estimate of drug-likeness (QED) is 0.897. The number of aryl methyl sites for hydroxylation is 1. The first-order valence-electron chi connectivity index (χ1n) is 6.42. The molecule has 6 heteroatoms. The summed E-state index contributed by atoms with van der Waals surface area (Å²) in [6.45, 7) is 3.30. The molecule has 0 fully saturated rings. The minimum atomic E-state index is -0.248. The second-order valence-corrected chi connectivity index (χ2v) is 6.43. The van der Waals surface area contributed by atoms with Gasteiger partial charge in [0.1, 0.15) is 5.01 Å². The van der Waals surface area contributed by atoms with E-state index in [9.17, 15) is 0 Å². The van der Waals surface area contributed by atoms with Crippen LogP contribution in [-0.2, 0) is 0 Å². The summed E-state index contributed by atoms with van der Waals surface area (Å²) in [4.78, 5) is 4.45. The molecule has 2 N–H and O–H groups in total. The van der Waals surface area contributed by atoms with Crippen molar-refractivity contribution in [3.63, 3.8) is 0 Å². The van der Waals surface area contributed by atoms with Crippen molar-refractivity contribution < 1.29 is 9.47 Å². The molecule has 4 nitrogen and oxygen atoms in total. The second kappa shape index (κ2) is 5.71. The van der Waals surface area contributed by atoms with Crippen LogP contribution in [0.2, 0.25) is 0 Å². The molecule has 3 rings (SSSR count). The van der Waals surface area contributed by atoms with Crippen molar-refractivity contribution in [2.24, 2.45) is 5.73 Å². The van der Waals surface area contributed by atoms with Gasteiger partial charge in [-0.1, -0.05) is 0 Å². The Bertz CT molecular complexity index is 630. The van der Waals surface area contributed by atoms with Crippen molar-refractivity contribution in [1.29, 1.82) is 0 Å². The summed E-state index contributed by atoms with van der Waals surface area (Å²) in [5.41, 5.74) is 8.26. The molecular formula is C14H15BrN2O2S. The summed E-state index contributed by atoms with van der Waals surface area (Å²) in [5.74, 6) is 1.50. The molecular weight excluding hydrogens is 340 g/mol. The number of thiazole rings is 1. The molecule has 0 bridgehead atoms. The highest BCUT2D eigenvalue weighted by atomic mass is 79.9. The van der Waals surface area contributed by atoms with Gasteiger partial charge in [0.05, 0.1) is 23.7 Å². The summed E-state index contributed by atoms with van der Waals surface area (Å²) >= 11 is 5.11. The Balaban J connectivity index is 1.98. The van der Waals surface area contributed by atoms with E-state index < -0.39 is 0 Å². The van der Waals surface area contributed by atoms with Gasteiger partial charge in [-0.25, -0.2) is 4.98 Å². The number of hydrogen-bond acceptors (Lipinski definition) is 5. The van der Waals surface area contributed by atoms with Crippen LogP contribution in [0.25, 0.3) is 0 Å². The van der Waals surface area contributed by atoms with Crippen LogP contribution in [-0.4, -0.2) is 18.2 Å². The predicted molar refractivity (Wildman–Crippen MR) is 82.6 cm³/mol. The zero-order valence-corrected chi connectivity index (χ0v) is 13.5. The fraction of sp³-hybridized carbons (Fsp3) is 0.357. The van der Waals surface area contributed by atoms with Crippen molar-refractivity contribution >= 4 is 27.3 Å². The van der Waals surface area contributed by atoms with Crippen LogP contribution >= 0.6 is 27.3 Å². The van der Waals surface area contributed by atoms with Gasteiger partial charge in [0.2, 0.25) is 0 Å². The minimum Gasteiger partial charge on any atom is -0.490 e. The number of ether oxygens (including phenoxy) is 2. The van der Waals surface area contributed by atoms with Crippen LogP contribution in [0.15, 0.2) is 22.0 Å². The second-order valence-electron chi connectivity index (χ2n) is 4.69. The highest BCUT2D eigenvalue weighted by molar-refractivity contribution is 9.10. The van der Waals surface area contributed by atoms with Gasteiger partial charge in [0, 0.05) is 17.5 Å². The van der Waals surface area contributed by atoms with Crippen LogP contribution in [0.5, 0.6) is 11.5 Å². The fourth-order valence-corrected chi connectivity index (χ4v) is 3.49. The van der Waals surface area contributed by atoms with E-state index in [0.29, 0.717) is 13.2 Å². The van der Waals surface area contributed by atoms with Gasteiger partial charge in [0.25, 0.3) is 0 Å². The van der Waals surface area contributed by atoms with Gasteiger partial charge in [-0.3, -0.25) is 0 Å². The monoisotopic (exact) mass is 354 g/mol. The van der Waals surface area contributed by atoms with Crippen molar-refractivity contribution in [1.82, 2.24) is 4.98 Å². The number of benzene rings is 1. The number of rotatable bonds is 2. The first-order valence-corrected chi connectivity index (χ1v) is 8.09. The molecule has 0 spiro atoms. The summed E-state index contributed by atoms with van der Waals surface area (Å²) in [6.07, 6.45) is 0.883. The molecule has 0 saturated heterocycles. The molecule has 1 aromatic carbocycles. The lowest BCUT2D eigenvalue weighted by Crippen LogP contribution is -2.12. The van der Waals surface area contributed by atoms with Gasteiger partial charge in [-0.15, -0.1) is 11.3 Å². The van der Waals surface area contributed by atoms with Gasteiger partial charge in [-0.05, 0) is 40.5 Å². The topological polar surface area (TPSA) is 57.4 Å². The Hall–Kier alpha value is -1.11. The molecule has 1 aromatic heterocycles. The molecule has 1 aliphatic rings. The third-order valence-electron chi connectivity index (χ3n) is 3.09. The summed E-state index contributed by atoms with van der Waals surface area (Å²) in [7, 11) is 0. The van der Waals surface area contributed by atoms with Crippen LogP contribution in [0, 0.1) is 6.92 Å². The molecule has 0 amide bonds. The molecule has 1 unspecified atom stereocenters. The number of hydrogen-bond donors (Lipinski definition) is 1. The van der Waals surface area contributed by atoms with E-state index in [0.717, 1.165) is 38.7 Å². The van der Waals surface area contributed by atoms with Crippen molar-refractivity contribution in [3.05, 3.63) is 38.3 Å². The first kappa shape index (κ1) is 13.9. The van der Waals surface area contributed by atoms with Gasteiger partial charge < -0.3 is 15.2 Å². The zero-order chi connectivity index (χ0) is 14.1. The number of halogens is 1. The number of nitrogens with two attached hydrogens (primary N) is 1. The van der Waals surface area contributed by atoms with E-state index in [4.69, 9.17) is 15.2 Å². The van der Waals surface area contributed by atoms with E-state index in [1.165, 1.54) is 0 Å². The zero-order valence-electron chi connectivity index (χ0n) is 11.1. The van der Waals surface area contributed by atoms with Crippen LogP contribution < -0.4 is 15.2 Å². The minimum absolute atomic E-state index is 0.248. The van der Waals surface area contributed by atoms with Crippen molar-refractivity contribution in [2.45, 2.75) is 19.4 Å². The summed E-state index contributed by atoms with van der Waals surface area (Å²) in [5, 5.41) is 2.91. The van der Waals surface area contributed by atoms with Crippen molar-refractivity contribution in [2.75, 3.05) is 13.2 Å². The molecule has 0 saturated carbocycles. The third-order valence-corrected chi connectivity index (χ3v) is 4.72. The number of fused-ring (bicyclic) bond motifs is 1. The third kappa shape index (κ3) is 2.68. The Morgan fingerprint density at radius 3 is 2.90 bits per heavy atom. The standard InChI is InChI=1S/C14H15BrN2O2S/c1-8-7-20-14(17-8)12(16)9-5-10(15)13-11(6-9)18-3-2-4-19-13/h5-7,12H,2-4,16H2,1H3. The molecule has 20 heavy (non-hydrogen) atoms. The normalized spacial score (nSPS) is 15.8. The van der Waals surface area contributed by atoms with Gasteiger partial charge in [0.15, 0.2) is 11.5 Å². The van der Waals surface area contributed by atoms with Crippen LogP contribution in [0.4, 0.5) is 0 Å². The molecule has 2 aromatic rings. The van der Waals surface area contributed by atoms with Crippen LogP contribution in [0.3, 0.4) is 0 Å². The summed E-state index contributed by atoms with van der Waals surface area (Å²) in [6, 6.07) is 3.68. The fourth-order valence-electron chi connectivity index (χ4n) is 2.09. The van der Waals surface area contributed by atoms with E-state index in [1.807, 2.05) is 24.4 Å². The Morgan fingerprint density at radius 2 is 2.15 bits per heavy atom. The van der Waals surface area contributed by atoms with Crippen LogP contribution in [0.1, 0.15) is 28.7 Å². The lowest BCUT2D eigenvalue weighted by molar-refractivity contribution is 0.296. The largest absolute Gasteiger partial charge is 0.490 e. The highest BCUT2D eigenvalue weighted by Crippen LogP contribution is 2.40. The lowest BCUT2D eigenvalue weighted by Gasteiger charge is -2.15. The number of nitrogens with zero attached hydrogens (tertiary/aromatic N) is 1. The average Bonchev–Trinajstić information content (AvgIpc) is 2.72. The maximum Gasteiger partial charge on any atom is 0.175 e.